The van der Waals surface area contributed by atoms with E-state index in [2.05, 4.69) is 33.2 Å². The predicted octanol–water partition coefficient (Wildman–Crippen LogP) is 3.76. The van der Waals surface area contributed by atoms with Gasteiger partial charge in [0.1, 0.15) is 0 Å². The normalized spacial score (nSPS) is 23.3. The van der Waals surface area contributed by atoms with Crippen LogP contribution in [-0.4, -0.2) is 15.7 Å². The molecule has 2 aromatic rings. The maximum absolute atomic E-state index is 12.2. The molecule has 0 aliphatic heterocycles. The van der Waals surface area contributed by atoms with Gasteiger partial charge in [-0.05, 0) is 48.8 Å². The van der Waals surface area contributed by atoms with E-state index in [-0.39, 0.29) is 11.9 Å². The molecule has 1 aromatic heterocycles. The summed E-state index contributed by atoms with van der Waals surface area (Å²) in [6, 6.07) is 8.15. The molecule has 5 heteroatoms. The molecule has 2 fully saturated rings. The van der Waals surface area contributed by atoms with E-state index in [1.165, 1.54) is 18.4 Å². The van der Waals surface area contributed by atoms with Crippen molar-refractivity contribution in [3.8, 4) is 5.75 Å². The van der Waals surface area contributed by atoms with Crippen molar-refractivity contribution in [2.75, 3.05) is 0 Å². The van der Waals surface area contributed by atoms with Crippen LogP contribution in [0.4, 0.5) is 0 Å². The van der Waals surface area contributed by atoms with Crippen molar-refractivity contribution in [1.82, 2.24) is 9.78 Å². The van der Waals surface area contributed by atoms with E-state index in [0.29, 0.717) is 11.7 Å². The summed E-state index contributed by atoms with van der Waals surface area (Å²) in [7, 11) is 0. The Morgan fingerprint density at radius 3 is 2.82 bits per heavy atom. The molecule has 22 heavy (non-hydrogen) atoms. The van der Waals surface area contributed by atoms with E-state index in [0.717, 1.165) is 23.4 Å². The van der Waals surface area contributed by atoms with Gasteiger partial charge in [0.25, 0.3) is 0 Å². The minimum Gasteiger partial charge on any atom is -0.423 e. The zero-order valence-electron chi connectivity index (χ0n) is 12.1. The highest BCUT2D eigenvalue weighted by Crippen LogP contribution is 2.48. The number of esters is 1. The van der Waals surface area contributed by atoms with Gasteiger partial charge in [0.15, 0.2) is 5.75 Å². The molecule has 2 atom stereocenters. The number of hydrogen-bond donors (Lipinski definition) is 0. The van der Waals surface area contributed by atoms with Crippen LogP contribution in [0, 0.1) is 11.8 Å². The number of nitrogens with zero attached hydrogens (tertiary/aromatic N) is 2. The number of aromatic nitrogens is 2. The smallest absolute Gasteiger partial charge is 0.315 e. The Balaban J connectivity index is 1.34. The Morgan fingerprint density at radius 1 is 1.32 bits per heavy atom. The van der Waals surface area contributed by atoms with Crippen molar-refractivity contribution in [3.63, 3.8) is 0 Å². The molecule has 0 saturated heterocycles. The number of benzene rings is 1. The molecule has 0 amide bonds. The van der Waals surface area contributed by atoms with Gasteiger partial charge in [-0.15, -0.1) is 0 Å². The second kappa shape index (κ2) is 5.54. The number of carbonyl (C=O) groups is 1. The van der Waals surface area contributed by atoms with Crippen LogP contribution in [0.3, 0.4) is 0 Å². The summed E-state index contributed by atoms with van der Waals surface area (Å²) in [6.45, 7) is 0.933. The van der Waals surface area contributed by atoms with Crippen molar-refractivity contribution in [2.45, 2.75) is 31.7 Å². The van der Waals surface area contributed by atoms with Crippen LogP contribution in [-0.2, 0) is 11.3 Å². The first kappa shape index (κ1) is 14.0. The molecule has 1 aromatic carbocycles. The lowest BCUT2D eigenvalue weighted by Gasteiger charge is -2.02. The Morgan fingerprint density at radius 2 is 2.09 bits per heavy atom. The maximum Gasteiger partial charge on any atom is 0.315 e. The summed E-state index contributed by atoms with van der Waals surface area (Å²) in [6.07, 6.45) is 6.90. The second-order valence-corrected chi connectivity index (χ2v) is 7.18. The van der Waals surface area contributed by atoms with Gasteiger partial charge in [-0.1, -0.05) is 28.1 Å². The molecular weight excluding hydrogens is 344 g/mol. The molecule has 1 heterocycles. The highest BCUT2D eigenvalue weighted by molar-refractivity contribution is 9.10. The Bertz CT molecular complexity index is 691. The summed E-state index contributed by atoms with van der Waals surface area (Å²) in [4.78, 5) is 12.2. The summed E-state index contributed by atoms with van der Waals surface area (Å²) in [5.41, 5.74) is 1.20. The number of hydrogen-bond acceptors (Lipinski definition) is 3. The fourth-order valence-electron chi connectivity index (χ4n) is 2.79. The molecule has 0 spiro atoms. The van der Waals surface area contributed by atoms with E-state index >= 15 is 0 Å². The summed E-state index contributed by atoms with van der Waals surface area (Å²) in [5, 5.41) is 4.25. The van der Waals surface area contributed by atoms with Crippen LogP contribution < -0.4 is 4.74 Å². The Hall–Kier alpha value is -1.62. The lowest BCUT2D eigenvalue weighted by molar-refractivity contribution is -0.135. The quantitative estimate of drug-likeness (QED) is 0.762. The number of carbonyl (C=O) groups excluding carboxylic acids is 1. The van der Waals surface area contributed by atoms with Gasteiger partial charge >= 0.3 is 5.97 Å². The lowest BCUT2D eigenvalue weighted by Crippen LogP contribution is -2.11. The third kappa shape index (κ3) is 3.09. The SMILES string of the molecule is O=C(Oc1cnn(CC2CC2)c1)[C@@H]1C[C@H]1c1ccc(Br)cc1. The van der Waals surface area contributed by atoms with E-state index in [1.807, 2.05) is 23.0 Å². The van der Waals surface area contributed by atoms with Gasteiger partial charge in [-0.3, -0.25) is 9.48 Å². The van der Waals surface area contributed by atoms with Gasteiger partial charge in [-0.25, -0.2) is 0 Å². The lowest BCUT2D eigenvalue weighted by atomic mass is 10.1. The molecule has 0 N–H and O–H groups in total. The number of rotatable bonds is 5. The topological polar surface area (TPSA) is 44.1 Å². The van der Waals surface area contributed by atoms with Gasteiger partial charge in [-0.2, -0.15) is 5.10 Å². The standard InChI is InChI=1S/C17H17BrN2O2/c18-13-5-3-12(4-6-13)15-7-16(15)17(21)22-14-8-19-20(10-14)9-11-1-2-11/h3-6,8,10-11,15-16H,1-2,7,9H2/t15-,16+/m0/s1. The first-order valence-corrected chi connectivity index (χ1v) is 8.48. The van der Waals surface area contributed by atoms with Crippen molar-refractivity contribution >= 4 is 21.9 Å². The summed E-state index contributed by atoms with van der Waals surface area (Å²) < 4.78 is 8.39. The predicted molar refractivity (Wildman–Crippen MR) is 85.6 cm³/mol. The van der Waals surface area contributed by atoms with Crippen LogP contribution >= 0.6 is 15.9 Å². The van der Waals surface area contributed by atoms with Crippen molar-refractivity contribution in [2.24, 2.45) is 11.8 Å². The first-order chi connectivity index (χ1) is 10.7. The van der Waals surface area contributed by atoms with E-state index in [4.69, 9.17) is 4.74 Å². The largest absolute Gasteiger partial charge is 0.423 e. The zero-order chi connectivity index (χ0) is 15.1. The van der Waals surface area contributed by atoms with Gasteiger partial charge in [0.05, 0.1) is 18.3 Å². The van der Waals surface area contributed by atoms with E-state index in [1.54, 1.807) is 6.20 Å². The monoisotopic (exact) mass is 360 g/mol. The highest BCUT2D eigenvalue weighted by Gasteiger charge is 2.45. The molecule has 0 radical (unpaired) electrons. The minimum absolute atomic E-state index is 0.0204. The summed E-state index contributed by atoms with van der Waals surface area (Å²) in [5.74, 6) is 1.45. The Kier molecular flexibility index (Phi) is 3.53. The molecule has 4 rings (SSSR count). The third-order valence-corrected chi connectivity index (χ3v) is 4.89. The maximum atomic E-state index is 12.2. The molecule has 114 valence electrons. The molecule has 2 saturated carbocycles. The second-order valence-electron chi connectivity index (χ2n) is 6.26. The molecule has 2 aliphatic rings. The van der Waals surface area contributed by atoms with E-state index < -0.39 is 0 Å². The van der Waals surface area contributed by atoms with Crippen LogP contribution in [0.25, 0.3) is 0 Å². The van der Waals surface area contributed by atoms with Crippen molar-refractivity contribution in [1.29, 1.82) is 0 Å². The zero-order valence-corrected chi connectivity index (χ0v) is 13.7. The van der Waals surface area contributed by atoms with Gasteiger partial charge < -0.3 is 4.74 Å². The first-order valence-electron chi connectivity index (χ1n) is 7.68. The van der Waals surface area contributed by atoms with Crippen LogP contribution in [0.5, 0.6) is 5.75 Å². The van der Waals surface area contributed by atoms with Crippen LogP contribution in [0.2, 0.25) is 0 Å². The molecular formula is C17H17BrN2O2. The van der Waals surface area contributed by atoms with Gasteiger partial charge in [0, 0.05) is 11.0 Å². The van der Waals surface area contributed by atoms with Crippen LogP contribution in [0.1, 0.15) is 30.7 Å². The van der Waals surface area contributed by atoms with Crippen LogP contribution in [0.15, 0.2) is 41.1 Å². The third-order valence-electron chi connectivity index (χ3n) is 4.36. The summed E-state index contributed by atoms with van der Waals surface area (Å²) >= 11 is 3.43. The van der Waals surface area contributed by atoms with Gasteiger partial charge in [0.2, 0.25) is 0 Å². The van der Waals surface area contributed by atoms with Crippen molar-refractivity contribution in [3.05, 3.63) is 46.7 Å². The molecule has 0 unspecified atom stereocenters. The number of halogens is 1. The molecule has 0 bridgehead atoms. The number of ether oxygens (including phenoxy) is 1. The average Bonchev–Trinajstić information content (AvgIpc) is 3.40. The Labute approximate surface area is 137 Å². The molecule has 4 nitrogen and oxygen atoms in total. The average molecular weight is 361 g/mol. The fraction of sp³-hybridized carbons (Fsp3) is 0.412. The fourth-order valence-corrected chi connectivity index (χ4v) is 3.05. The highest BCUT2D eigenvalue weighted by atomic mass is 79.9. The van der Waals surface area contributed by atoms with E-state index in [9.17, 15) is 4.79 Å². The minimum atomic E-state index is -0.140. The van der Waals surface area contributed by atoms with Crippen molar-refractivity contribution < 1.29 is 9.53 Å². The molecule has 2 aliphatic carbocycles.